The number of likely N-dealkylation sites (tertiary alicyclic amines) is 1. The van der Waals surface area contributed by atoms with Crippen LogP contribution in [0.25, 0.3) is 0 Å². The molecular formula is C25H45N3O4. The summed E-state index contributed by atoms with van der Waals surface area (Å²) in [6, 6.07) is -1.20. The van der Waals surface area contributed by atoms with E-state index in [1.165, 1.54) is 0 Å². The number of carbonyl (C=O) groups is 3. The molecule has 0 spiro atoms. The number of hydrogen-bond acceptors (Lipinski definition) is 5. The van der Waals surface area contributed by atoms with Gasteiger partial charge in [0.25, 0.3) is 0 Å². The standard InChI is InChI=1S/C25H45N3O4/c1-11-32-24(31)18(5)14-20(16(2)3)28(10)23(30)21(25(6,7)8)26-22(29)19-13-12-17(4)15-27(19)9/h14,16-17,19-21H,11-13,15H2,1-10H3,(H,26,29)/b18-14+/t17-,19-,20-,21-/m1/s1. The van der Waals surface area contributed by atoms with Crippen molar-refractivity contribution in [2.45, 2.75) is 86.4 Å². The summed E-state index contributed by atoms with van der Waals surface area (Å²) in [6.45, 7) is 16.7. The molecule has 1 heterocycles. The Balaban J connectivity index is 3.10. The minimum atomic E-state index is -0.676. The molecule has 1 aliphatic rings. The third-order valence-corrected chi connectivity index (χ3v) is 6.26. The van der Waals surface area contributed by atoms with Gasteiger partial charge in [-0.1, -0.05) is 47.6 Å². The molecule has 1 saturated heterocycles. The molecule has 4 atom stereocenters. The Kier molecular flexibility index (Phi) is 10.4. The van der Waals surface area contributed by atoms with Crippen molar-refractivity contribution in [2.75, 3.05) is 27.2 Å². The highest BCUT2D eigenvalue weighted by molar-refractivity contribution is 5.91. The Morgan fingerprint density at radius 3 is 2.28 bits per heavy atom. The number of esters is 1. The fourth-order valence-electron chi connectivity index (χ4n) is 4.26. The molecule has 7 heteroatoms. The number of hydrogen-bond donors (Lipinski definition) is 1. The monoisotopic (exact) mass is 451 g/mol. The predicted octanol–water partition coefficient (Wildman–Crippen LogP) is 3.24. The average molecular weight is 452 g/mol. The Hall–Kier alpha value is -1.89. The van der Waals surface area contributed by atoms with Crippen molar-refractivity contribution in [1.82, 2.24) is 15.1 Å². The van der Waals surface area contributed by atoms with Crippen LogP contribution in [-0.4, -0.2) is 73.0 Å². The number of rotatable bonds is 8. The fraction of sp³-hybridized carbons (Fsp3) is 0.800. The van der Waals surface area contributed by atoms with Crippen LogP contribution in [0.15, 0.2) is 11.6 Å². The maximum atomic E-state index is 13.6. The summed E-state index contributed by atoms with van der Waals surface area (Å²) in [4.78, 5) is 42.6. The van der Waals surface area contributed by atoms with Gasteiger partial charge in [0.15, 0.2) is 0 Å². The van der Waals surface area contributed by atoms with Crippen LogP contribution < -0.4 is 5.32 Å². The molecule has 7 nitrogen and oxygen atoms in total. The number of likely N-dealkylation sites (N-methyl/N-ethyl adjacent to an activating group) is 2. The third-order valence-electron chi connectivity index (χ3n) is 6.26. The first-order valence-electron chi connectivity index (χ1n) is 11.8. The van der Waals surface area contributed by atoms with Gasteiger partial charge in [-0.3, -0.25) is 14.5 Å². The number of nitrogens with one attached hydrogen (secondary N) is 1. The highest BCUT2D eigenvalue weighted by atomic mass is 16.5. The molecule has 0 aromatic heterocycles. The Morgan fingerprint density at radius 1 is 1.22 bits per heavy atom. The first-order chi connectivity index (χ1) is 14.7. The van der Waals surface area contributed by atoms with Gasteiger partial charge < -0.3 is 15.0 Å². The minimum absolute atomic E-state index is 0.0793. The van der Waals surface area contributed by atoms with Crippen molar-refractivity contribution in [3.63, 3.8) is 0 Å². The highest BCUT2D eigenvalue weighted by Gasteiger charge is 2.39. The molecule has 2 amide bonds. The highest BCUT2D eigenvalue weighted by Crippen LogP contribution is 2.25. The van der Waals surface area contributed by atoms with Gasteiger partial charge in [0.05, 0.1) is 18.7 Å². The van der Waals surface area contributed by atoms with E-state index in [0.29, 0.717) is 18.1 Å². The van der Waals surface area contributed by atoms with Gasteiger partial charge >= 0.3 is 5.97 Å². The second-order valence-corrected chi connectivity index (χ2v) is 10.7. The van der Waals surface area contributed by atoms with Crippen LogP contribution in [0.3, 0.4) is 0 Å². The second kappa shape index (κ2) is 11.8. The first-order valence-corrected chi connectivity index (χ1v) is 11.8. The number of nitrogens with zero attached hydrogens (tertiary/aromatic N) is 2. The summed E-state index contributed by atoms with van der Waals surface area (Å²) in [5, 5.41) is 3.06. The molecule has 184 valence electrons. The maximum Gasteiger partial charge on any atom is 0.333 e. The van der Waals surface area contributed by atoms with Gasteiger partial charge in [-0.2, -0.15) is 0 Å². The largest absolute Gasteiger partial charge is 0.463 e. The molecule has 1 aliphatic heterocycles. The van der Waals surface area contributed by atoms with Crippen molar-refractivity contribution in [3.8, 4) is 0 Å². The summed E-state index contributed by atoms with van der Waals surface area (Å²) in [6.07, 6.45) is 3.59. The van der Waals surface area contributed by atoms with Gasteiger partial charge in [-0.25, -0.2) is 4.79 Å². The van der Waals surface area contributed by atoms with Crippen molar-refractivity contribution >= 4 is 17.8 Å². The smallest absolute Gasteiger partial charge is 0.333 e. The first kappa shape index (κ1) is 28.1. The molecule has 1 N–H and O–H groups in total. The van der Waals surface area contributed by atoms with E-state index in [1.54, 1.807) is 31.9 Å². The molecule has 0 aromatic rings. The van der Waals surface area contributed by atoms with Crippen molar-refractivity contribution in [2.24, 2.45) is 17.3 Å². The lowest BCUT2D eigenvalue weighted by atomic mass is 9.84. The summed E-state index contributed by atoms with van der Waals surface area (Å²) in [5.41, 5.74) is 0.00247. The molecule has 1 fully saturated rings. The van der Waals surface area contributed by atoms with E-state index in [2.05, 4.69) is 17.1 Å². The summed E-state index contributed by atoms with van der Waals surface area (Å²) >= 11 is 0. The van der Waals surface area contributed by atoms with Crippen LogP contribution in [0.2, 0.25) is 0 Å². The van der Waals surface area contributed by atoms with Crippen LogP contribution in [0.1, 0.15) is 68.2 Å². The van der Waals surface area contributed by atoms with Gasteiger partial charge in [-0.15, -0.1) is 0 Å². The zero-order valence-corrected chi connectivity index (χ0v) is 21.8. The van der Waals surface area contributed by atoms with E-state index in [4.69, 9.17) is 4.74 Å². The minimum Gasteiger partial charge on any atom is -0.463 e. The lowest BCUT2D eigenvalue weighted by Crippen LogP contribution is -2.60. The molecule has 0 unspecified atom stereocenters. The van der Waals surface area contributed by atoms with Crippen molar-refractivity contribution < 1.29 is 19.1 Å². The average Bonchev–Trinajstić information content (AvgIpc) is 2.67. The molecule has 0 saturated carbocycles. The zero-order valence-electron chi connectivity index (χ0n) is 21.8. The normalized spacial score (nSPS) is 22.3. The quantitative estimate of drug-likeness (QED) is 0.453. The Bertz CT molecular complexity index is 696. The molecule has 0 radical (unpaired) electrons. The number of amides is 2. The lowest BCUT2D eigenvalue weighted by molar-refractivity contribution is -0.142. The molecule has 0 aliphatic carbocycles. The zero-order chi connectivity index (χ0) is 24.8. The van der Waals surface area contributed by atoms with Crippen molar-refractivity contribution in [3.05, 3.63) is 11.6 Å². The van der Waals surface area contributed by atoms with Gasteiger partial charge in [-0.05, 0) is 51.0 Å². The van der Waals surface area contributed by atoms with Gasteiger partial charge in [0.2, 0.25) is 11.8 Å². The fourth-order valence-corrected chi connectivity index (χ4v) is 4.26. The maximum absolute atomic E-state index is 13.6. The molecule has 0 bridgehead atoms. The Morgan fingerprint density at radius 2 is 1.81 bits per heavy atom. The van der Waals surface area contributed by atoms with E-state index in [0.717, 1.165) is 19.4 Å². The number of ether oxygens (including phenoxy) is 1. The predicted molar refractivity (Wildman–Crippen MR) is 128 cm³/mol. The second-order valence-electron chi connectivity index (χ2n) is 10.7. The molecule has 0 aromatic carbocycles. The lowest BCUT2D eigenvalue weighted by Gasteiger charge is -2.40. The SMILES string of the molecule is CCOC(=O)/C(C)=C/[C@H](C(C)C)N(C)C(=O)[C@@H](NC(=O)[C@H]1CC[C@@H](C)CN1C)C(C)(C)C. The number of piperidine rings is 1. The van der Waals surface area contributed by atoms with E-state index in [9.17, 15) is 14.4 Å². The van der Waals surface area contributed by atoms with Crippen LogP contribution in [0.4, 0.5) is 0 Å². The van der Waals surface area contributed by atoms with E-state index in [1.807, 2.05) is 41.7 Å². The van der Waals surface area contributed by atoms with E-state index >= 15 is 0 Å². The van der Waals surface area contributed by atoms with Crippen LogP contribution in [0.5, 0.6) is 0 Å². The third kappa shape index (κ3) is 7.61. The van der Waals surface area contributed by atoms with Crippen LogP contribution in [-0.2, 0) is 19.1 Å². The van der Waals surface area contributed by atoms with Crippen LogP contribution in [0, 0.1) is 17.3 Å². The van der Waals surface area contributed by atoms with Crippen LogP contribution >= 0.6 is 0 Å². The summed E-state index contributed by atoms with van der Waals surface area (Å²) in [7, 11) is 3.71. The van der Waals surface area contributed by atoms with E-state index < -0.39 is 11.5 Å². The summed E-state index contributed by atoms with van der Waals surface area (Å²) in [5.74, 6) is 0.00556. The van der Waals surface area contributed by atoms with Gasteiger partial charge in [0.1, 0.15) is 6.04 Å². The molecule has 1 rings (SSSR count). The topological polar surface area (TPSA) is 79.0 Å². The Labute approximate surface area is 194 Å². The summed E-state index contributed by atoms with van der Waals surface area (Å²) < 4.78 is 5.09. The van der Waals surface area contributed by atoms with E-state index in [-0.39, 0.29) is 35.8 Å². The molecule has 32 heavy (non-hydrogen) atoms. The molecular weight excluding hydrogens is 406 g/mol. The number of carbonyl (C=O) groups excluding carboxylic acids is 3. The van der Waals surface area contributed by atoms with Crippen molar-refractivity contribution in [1.29, 1.82) is 0 Å². The van der Waals surface area contributed by atoms with Gasteiger partial charge in [0, 0.05) is 19.2 Å².